The van der Waals surface area contributed by atoms with Crippen molar-refractivity contribution in [3.8, 4) is 6.07 Å². The SMILES string of the molecule is CSc1snc(Cl)c1C#N. The quantitative estimate of drug-likeness (QED) is 0.639. The molecule has 0 aliphatic carbocycles. The van der Waals surface area contributed by atoms with Crippen molar-refractivity contribution in [2.75, 3.05) is 6.26 Å². The van der Waals surface area contributed by atoms with E-state index in [0.29, 0.717) is 10.7 Å². The molecule has 52 valence electrons. The van der Waals surface area contributed by atoms with Gasteiger partial charge in [0.05, 0.1) is 4.21 Å². The number of hydrogen-bond donors (Lipinski definition) is 0. The van der Waals surface area contributed by atoms with Gasteiger partial charge in [-0.1, -0.05) is 11.6 Å². The molecule has 1 heterocycles. The minimum atomic E-state index is 0.317. The first kappa shape index (κ1) is 7.86. The monoisotopic (exact) mass is 190 g/mol. The second kappa shape index (κ2) is 3.24. The van der Waals surface area contributed by atoms with E-state index in [2.05, 4.69) is 4.37 Å². The summed E-state index contributed by atoms with van der Waals surface area (Å²) >= 11 is 8.34. The molecule has 1 aromatic heterocycles. The minimum absolute atomic E-state index is 0.317. The molecule has 0 radical (unpaired) electrons. The number of thioether (sulfide) groups is 1. The molecular formula is C5H3ClN2S2. The summed E-state index contributed by atoms with van der Waals surface area (Å²) in [6.07, 6.45) is 1.89. The molecule has 0 aromatic carbocycles. The Hall–Kier alpha value is -0.240. The summed E-state index contributed by atoms with van der Waals surface area (Å²) in [7, 11) is 0. The summed E-state index contributed by atoms with van der Waals surface area (Å²) in [6.45, 7) is 0. The molecule has 0 amide bonds. The highest BCUT2D eigenvalue weighted by molar-refractivity contribution is 8.00. The van der Waals surface area contributed by atoms with E-state index in [1.54, 1.807) is 0 Å². The van der Waals surface area contributed by atoms with Gasteiger partial charge >= 0.3 is 0 Å². The van der Waals surface area contributed by atoms with Crippen LogP contribution in [0.15, 0.2) is 4.21 Å². The number of halogens is 1. The summed E-state index contributed by atoms with van der Waals surface area (Å²) < 4.78 is 4.70. The number of nitriles is 1. The molecule has 0 aliphatic rings. The van der Waals surface area contributed by atoms with E-state index in [1.807, 2.05) is 12.3 Å². The zero-order chi connectivity index (χ0) is 7.56. The van der Waals surface area contributed by atoms with E-state index < -0.39 is 0 Å². The molecule has 5 heteroatoms. The van der Waals surface area contributed by atoms with Crippen LogP contribution >= 0.6 is 34.9 Å². The molecule has 1 rings (SSSR count). The Bertz CT molecular complexity index is 276. The molecule has 0 fully saturated rings. The zero-order valence-corrected chi connectivity index (χ0v) is 7.48. The van der Waals surface area contributed by atoms with Crippen molar-refractivity contribution in [2.45, 2.75) is 4.21 Å². The average Bonchev–Trinajstić information content (AvgIpc) is 2.30. The van der Waals surface area contributed by atoms with E-state index in [9.17, 15) is 0 Å². The first-order chi connectivity index (χ1) is 4.79. The average molecular weight is 191 g/mol. The van der Waals surface area contributed by atoms with Crippen molar-refractivity contribution in [3.63, 3.8) is 0 Å². The van der Waals surface area contributed by atoms with Crippen molar-refractivity contribution >= 4 is 34.9 Å². The van der Waals surface area contributed by atoms with Crippen LogP contribution in [0.4, 0.5) is 0 Å². The number of aromatic nitrogens is 1. The Morgan fingerprint density at radius 1 is 1.80 bits per heavy atom. The van der Waals surface area contributed by atoms with Crippen molar-refractivity contribution in [2.24, 2.45) is 0 Å². The summed E-state index contributed by atoms with van der Waals surface area (Å²) in [6, 6.07) is 1.99. The van der Waals surface area contributed by atoms with Gasteiger partial charge in [-0.05, 0) is 17.8 Å². The maximum Gasteiger partial charge on any atom is 0.161 e. The summed E-state index contributed by atoms with van der Waals surface area (Å²) in [5.74, 6) is 0. The van der Waals surface area contributed by atoms with Crippen LogP contribution in [0.2, 0.25) is 5.15 Å². The molecule has 0 atom stereocenters. The van der Waals surface area contributed by atoms with Gasteiger partial charge in [0.1, 0.15) is 11.6 Å². The molecule has 0 N–H and O–H groups in total. The topological polar surface area (TPSA) is 36.7 Å². The number of nitrogens with zero attached hydrogens (tertiary/aromatic N) is 2. The highest BCUT2D eigenvalue weighted by Gasteiger charge is 2.09. The smallest absolute Gasteiger partial charge is 0.161 e. The molecule has 0 bridgehead atoms. The normalized spacial score (nSPS) is 9.30. The lowest BCUT2D eigenvalue weighted by molar-refractivity contribution is 1.44. The van der Waals surface area contributed by atoms with Gasteiger partial charge in [0.15, 0.2) is 5.15 Å². The first-order valence-electron chi connectivity index (χ1n) is 2.39. The molecule has 0 aliphatic heterocycles. The van der Waals surface area contributed by atoms with Crippen LogP contribution in [0.3, 0.4) is 0 Å². The van der Waals surface area contributed by atoms with Crippen LogP contribution < -0.4 is 0 Å². The molecule has 0 saturated heterocycles. The molecule has 10 heavy (non-hydrogen) atoms. The Morgan fingerprint density at radius 3 is 2.90 bits per heavy atom. The van der Waals surface area contributed by atoms with Gasteiger partial charge < -0.3 is 0 Å². The molecule has 2 nitrogen and oxygen atoms in total. The number of hydrogen-bond acceptors (Lipinski definition) is 4. The van der Waals surface area contributed by atoms with Crippen molar-refractivity contribution < 1.29 is 0 Å². The van der Waals surface area contributed by atoms with E-state index in [0.717, 1.165) is 4.21 Å². The van der Waals surface area contributed by atoms with Gasteiger partial charge in [-0.15, -0.1) is 11.8 Å². The summed E-state index contributed by atoms with van der Waals surface area (Å²) in [5, 5.41) is 8.85. The predicted octanol–water partition coefficient (Wildman–Crippen LogP) is 2.39. The second-order valence-electron chi connectivity index (χ2n) is 1.45. The molecule has 0 spiro atoms. The zero-order valence-electron chi connectivity index (χ0n) is 5.09. The second-order valence-corrected chi connectivity index (χ2v) is 3.66. The van der Waals surface area contributed by atoms with Crippen LogP contribution in [0.25, 0.3) is 0 Å². The molecule has 0 unspecified atom stereocenters. The Balaban J connectivity index is 3.17. The fourth-order valence-electron chi connectivity index (χ4n) is 0.488. The summed E-state index contributed by atoms with van der Waals surface area (Å²) in [5.41, 5.74) is 0.499. The predicted molar refractivity (Wildman–Crippen MR) is 43.6 cm³/mol. The fourth-order valence-corrected chi connectivity index (χ4v) is 2.08. The highest BCUT2D eigenvalue weighted by atomic mass is 35.5. The molecular weight excluding hydrogens is 188 g/mol. The molecule has 1 aromatic rings. The van der Waals surface area contributed by atoms with Gasteiger partial charge in [-0.2, -0.15) is 9.64 Å². The van der Waals surface area contributed by atoms with Gasteiger partial charge in [-0.25, -0.2) is 0 Å². The van der Waals surface area contributed by atoms with Crippen LogP contribution in [-0.2, 0) is 0 Å². The number of rotatable bonds is 1. The third-order valence-corrected chi connectivity index (χ3v) is 3.23. The highest BCUT2D eigenvalue weighted by Crippen LogP contribution is 2.29. The standard InChI is InChI=1S/C5H3ClN2S2/c1-9-5-3(2-7)4(6)8-10-5/h1H3. The van der Waals surface area contributed by atoms with Crippen LogP contribution in [-0.4, -0.2) is 10.6 Å². The van der Waals surface area contributed by atoms with Crippen LogP contribution in [0.5, 0.6) is 0 Å². The van der Waals surface area contributed by atoms with Crippen molar-refractivity contribution in [1.82, 2.24) is 4.37 Å². The van der Waals surface area contributed by atoms with E-state index in [1.165, 1.54) is 23.3 Å². The fraction of sp³-hybridized carbons (Fsp3) is 0.200. The van der Waals surface area contributed by atoms with Gasteiger partial charge in [-0.3, -0.25) is 0 Å². The van der Waals surface area contributed by atoms with E-state index in [-0.39, 0.29) is 0 Å². The van der Waals surface area contributed by atoms with E-state index in [4.69, 9.17) is 16.9 Å². The Labute approximate surface area is 72.0 Å². The maximum atomic E-state index is 8.54. The molecule has 0 saturated carbocycles. The lowest BCUT2D eigenvalue weighted by atomic mass is 10.4. The third-order valence-electron chi connectivity index (χ3n) is 0.916. The lowest BCUT2D eigenvalue weighted by Crippen LogP contribution is -1.70. The van der Waals surface area contributed by atoms with Gasteiger partial charge in [0.2, 0.25) is 0 Å². The van der Waals surface area contributed by atoms with Crippen LogP contribution in [0.1, 0.15) is 5.56 Å². The van der Waals surface area contributed by atoms with Gasteiger partial charge in [0.25, 0.3) is 0 Å². The lowest BCUT2D eigenvalue weighted by Gasteiger charge is -1.84. The van der Waals surface area contributed by atoms with Crippen molar-refractivity contribution in [3.05, 3.63) is 10.7 Å². The first-order valence-corrected chi connectivity index (χ1v) is 4.76. The van der Waals surface area contributed by atoms with Gasteiger partial charge in [0, 0.05) is 0 Å². The Morgan fingerprint density at radius 2 is 2.50 bits per heavy atom. The van der Waals surface area contributed by atoms with Crippen molar-refractivity contribution in [1.29, 1.82) is 5.26 Å². The van der Waals surface area contributed by atoms with Crippen LogP contribution in [0, 0.1) is 11.3 Å². The Kier molecular flexibility index (Phi) is 2.55. The largest absolute Gasteiger partial charge is 0.192 e. The summed E-state index contributed by atoms with van der Waals surface area (Å²) in [4.78, 5) is 0. The minimum Gasteiger partial charge on any atom is -0.192 e. The van der Waals surface area contributed by atoms with E-state index >= 15 is 0 Å². The maximum absolute atomic E-state index is 8.54. The third kappa shape index (κ3) is 1.26.